The zero-order valence-electron chi connectivity index (χ0n) is 14.2. The van der Waals surface area contributed by atoms with Crippen LogP contribution in [-0.4, -0.2) is 10.5 Å². The Kier molecular flexibility index (Phi) is 4.52. The van der Waals surface area contributed by atoms with Crippen molar-refractivity contribution in [3.05, 3.63) is 88.4 Å². The van der Waals surface area contributed by atoms with Gasteiger partial charge in [-0.1, -0.05) is 60.1 Å². The molecule has 0 unspecified atom stereocenters. The molecule has 1 N–H and O–H groups in total. The van der Waals surface area contributed by atoms with Crippen LogP contribution in [0.5, 0.6) is 0 Å². The Balaban J connectivity index is 1.62. The lowest BCUT2D eigenvalue weighted by molar-refractivity contribution is -0.116. The highest BCUT2D eigenvalue weighted by atomic mass is 35.5. The number of amides is 1. The number of hydrogen-bond donors (Lipinski definition) is 1. The molecule has 0 spiro atoms. The monoisotopic (exact) mass is 378 g/mol. The number of rotatable bonds is 4. The first kappa shape index (κ1) is 17.1. The van der Waals surface area contributed by atoms with Crippen molar-refractivity contribution < 1.29 is 9.21 Å². The van der Waals surface area contributed by atoms with Gasteiger partial charge in [-0.25, -0.2) is 4.79 Å². The first-order valence-corrected chi connectivity index (χ1v) is 8.73. The van der Waals surface area contributed by atoms with Crippen LogP contribution in [0.2, 0.25) is 5.02 Å². The van der Waals surface area contributed by atoms with Gasteiger partial charge in [-0.15, -0.1) is 0 Å². The van der Waals surface area contributed by atoms with Crippen LogP contribution in [0, 0.1) is 0 Å². The lowest BCUT2D eigenvalue weighted by Crippen LogP contribution is -2.25. The maximum atomic E-state index is 12.6. The molecule has 0 bridgehead atoms. The van der Waals surface area contributed by atoms with Gasteiger partial charge in [0.2, 0.25) is 5.91 Å². The predicted molar refractivity (Wildman–Crippen MR) is 106 cm³/mol. The van der Waals surface area contributed by atoms with Gasteiger partial charge in [0, 0.05) is 22.3 Å². The molecule has 5 nitrogen and oxygen atoms in total. The molecule has 0 saturated carbocycles. The number of nitrogens with one attached hydrogen (secondary N) is 1. The van der Waals surface area contributed by atoms with E-state index < -0.39 is 5.76 Å². The van der Waals surface area contributed by atoms with Crippen LogP contribution < -0.4 is 11.1 Å². The quantitative estimate of drug-likeness (QED) is 0.566. The van der Waals surface area contributed by atoms with Gasteiger partial charge in [-0.05, 0) is 23.8 Å². The molecular weight excluding hydrogens is 364 g/mol. The molecule has 3 aromatic carbocycles. The van der Waals surface area contributed by atoms with Gasteiger partial charge in [-0.3, -0.25) is 9.36 Å². The summed E-state index contributed by atoms with van der Waals surface area (Å²) in [5.74, 6) is -0.920. The molecule has 0 saturated heterocycles. The Morgan fingerprint density at radius 2 is 1.74 bits per heavy atom. The van der Waals surface area contributed by atoms with Crippen LogP contribution in [-0.2, 0) is 11.3 Å². The summed E-state index contributed by atoms with van der Waals surface area (Å²) in [5.41, 5.74) is 3.45. The maximum absolute atomic E-state index is 12.6. The number of aromatic nitrogens is 1. The number of nitrogens with zero attached hydrogens (tertiary/aromatic N) is 1. The third-order valence-electron chi connectivity index (χ3n) is 4.22. The van der Waals surface area contributed by atoms with E-state index in [-0.39, 0.29) is 12.5 Å². The summed E-state index contributed by atoms with van der Waals surface area (Å²) < 4.78 is 6.45. The van der Waals surface area contributed by atoms with Gasteiger partial charge in [-0.2, -0.15) is 0 Å². The van der Waals surface area contributed by atoms with Crippen LogP contribution in [0.4, 0.5) is 5.69 Å². The van der Waals surface area contributed by atoms with E-state index in [4.69, 9.17) is 16.0 Å². The second-order valence-corrected chi connectivity index (χ2v) is 6.46. The number of anilines is 1. The van der Waals surface area contributed by atoms with Gasteiger partial charge >= 0.3 is 5.76 Å². The van der Waals surface area contributed by atoms with E-state index >= 15 is 0 Å². The SMILES string of the molecule is O=C(Cn1c(=O)oc2cc(Cl)ccc21)Nc1ccccc1-c1ccccc1. The Labute approximate surface area is 159 Å². The fourth-order valence-electron chi connectivity index (χ4n) is 2.98. The molecule has 4 rings (SSSR count). The van der Waals surface area contributed by atoms with Crippen molar-refractivity contribution in [1.82, 2.24) is 4.57 Å². The summed E-state index contributed by atoms with van der Waals surface area (Å²) >= 11 is 5.92. The molecule has 0 radical (unpaired) electrons. The Hall–Kier alpha value is -3.31. The second-order valence-electron chi connectivity index (χ2n) is 6.03. The fourth-order valence-corrected chi connectivity index (χ4v) is 3.15. The van der Waals surface area contributed by atoms with E-state index in [2.05, 4.69) is 5.32 Å². The van der Waals surface area contributed by atoms with E-state index in [1.165, 1.54) is 4.57 Å². The van der Waals surface area contributed by atoms with Gasteiger partial charge in [0.1, 0.15) is 6.54 Å². The molecule has 134 valence electrons. The zero-order valence-corrected chi connectivity index (χ0v) is 14.9. The normalized spacial score (nSPS) is 10.9. The number of carbonyl (C=O) groups excluding carboxylic acids is 1. The molecule has 0 fully saturated rings. The number of fused-ring (bicyclic) bond motifs is 1. The molecule has 0 atom stereocenters. The molecular formula is C21H15ClN2O3. The molecule has 1 heterocycles. The summed E-state index contributed by atoms with van der Waals surface area (Å²) in [6, 6.07) is 22.2. The molecule has 6 heteroatoms. The largest absolute Gasteiger partial charge is 0.420 e. The molecule has 0 aliphatic carbocycles. The van der Waals surface area contributed by atoms with Crippen molar-refractivity contribution in [3.8, 4) is 11.1 Å². The molecule has 1 amide bonds. The van der Waals surface area contributed by atoms with Crippen LogP contribution in [0.25, 0.3) is 22.2 Å². The van der Waals surface area contributed by atoms with Crippen molar-refractivity contribution in [2.24, 2.45) is 0 Å². The van der Waals surface area contributed by atoms with Gasteiger partial charge in [0.15, 0.2) is 5.58 Å². The number of carbonyl (C=O) groups is 1. The topological polar surface area (TPSA) is 64.2 Å². The van der Waals surface area contributed by atoms with Crippen molar-refractivity contribution in [2.45, 2.75) is 6.54 Å². The highest BCUT2D eigenvalue weighted by molar-refractivity contribution is 6.31. The number of halogens is 1. The summed E-state index contributed by atoms with van der Waals surface area (Å²) in [5, 5.41) is 3.35. The average molecular weight is 379 g/mol. The minimum atomic E-state index is -0.598. The highest BCUT2D eigenvalue weighted by Gasteiger charge is 2.14. The molecule has 0 aliphatic heterocycles. The third-order valence-corrected chi connectivity index (χ3v) is 4.45. The van der Waals surface area contributed by atoms with E-state index in [0.717, 1.165) is 11.1 Å². The first-order valence-electron chi connectivity index (χ1n) is 8.35. The van der Waals surface area contributed by atoms with E-state index in [1.54, 1.807) is 18.2 Å². The Bertz CT molecular complexity index is 1180. The first-order chi connectivity index (χ1) is 13.1. The molecule has 4 aromatic rings. The summed E-state index contributed by atoms with van der Waals surface area (Å²) in [6.07, 6.45) is 0. The van der Waals surface area contributed by atoms with E-state index in [1.807, 2.05) is 54.6 Å². The van der Waals surface area contributed by atoms with Gasteiger partial charge < -0.3 is 9.73 Å². The second kappa shape index (κ2) is 7.13. The molecule has 1 aromatic heterocycles. The summed E-state index contributed by atoms with van der Waals surface area (Å²) in [6.45, 7) is -0.156. The van der Waals surface area contributed by atoms with Crippen molar-refractivity contribution in [3.63, 3.8) is 0 Å². The van der Waals surface area contributed by atoms with Crippen molar-refractivity contribution >= 4 is 34.3 Å². The predicted octanol–water partition coefficient (Wildman–Crippen LogP) is 4.55. The van der Waals surface area contributed by atoms with Crippen LogP contribution in [0.15, 0.2) is 82.0 Å². The van der Waals surface area contributed by atoms with Crippen molar-refractivity contribution in [2.75, 3.05) is 5.32 Å². The smallest absolute Gasteiger partial charge is 0.408 e. The summed E-state index contributed by atoms with van der Waals surface area (Å²) in [7, 11) is 0. The van der Waals surface area contributed by atoms with Crippen molar-refractivity contribution in [1.29, 1.82) is 0 Å². The zero-order chi connectivity index (χ0) is 18.8. The third kappa shape index (κ3) is 3.50. The number of hydrogen-bond acceptors (Lipinski definition) is 3. The summed E-state index contributed by atoms with van der Waals surface area (Å²) in [4.78, 5) is 24.7. The number of oxazole rings is 1. The average Bonchev–Trinajstić information content (AvgIpc) is 2.97. The van der Waals surface area contributed by atoms with Crippen LogP contribution in [0.1, 0.15) is 0 Å². The Morgan fingerprint density at radius 3 is 2.56 bits per heavy atom. The number of benzene rings is 3. The van der Waals surface area contributed by atoms with E-state index in [0.29, 0.717) is 21.8 Å². The molecule has 27 heavy (non-hydrogen) atoms. The lowest BCUT2D eigenvalue weighted by Gasteiger charge is -2.11. The minimum Gasteiger partial charge on any atom is -0.408 e. The Morgan fingerprint density at radius 1 is 1.00 bits per heavy atom. The molecule has 0 aliphatic rings. The fraction of sp³-hybridized carbons (Fsp3) is 0.0476. The number of para-hydroxylation sites is 1. The lowest BCUT2D eigenvalue weighted by atomic mass is 10.0. The van der Waals surface area contributed by atoms with Crippen LogP contribution >= 0.6 is 11.6 Å². The standard InChI is InChI=1S/C21H15ClN2O3/c22-15-10-11-18-19(12-15)27-21(26)24(18)13-20(25)23-17-9-5-4-8-16(17)14-6-2-1-3-7-14/h1-12H,13H2,(H,23,25). The minimum absolute atomic E-state index is 0.156. The highest BCUT2D eigenvalue weighted by Crippen LogP contribution is 2.27. The van der Waals surface area contributed by atoms with Crippen LogP contribution in [0.3, 0.4) is 0 Å². The van der Waals surface area contributed by atoms with Gasteiger partial charge in [0.25, 0.3) is 0 Å². The maximum Gasteiger partial charge on any atom is 0.420 e. The van der Waals surface area contributed by atoms with Gasteiger partial charge in [0.05, 0.1) is 5.52 Å². The van der Waals surface area contributed by atoms with E-state index in [9.17, 15) is 9.59 Å².